The number of aryl methyl sites for hydroxylation is 1. The van der Waals surface area contributed by atoms with Crippen molar-refractivity contribution in [1.29, 1.82) is 0 Å². The van der Waals surface area contributed by atoms with Crippen molar-refractivity contribution in [3.05, 3.63) is 84.2 Å². The molecule has 0 bridgehead atoms. The van der Waals surface area contributed by atoms with E-state index in [1.807, 2.05) is 31.2 Å². The first-order valence-corrected chi connectivity index (χ1v) is 10.9. The third kappa shape index (κ3) is 5.44. The van der Waals surface area contributed by atoms with Gasteiger partial charge in [-0.25, -0.2) is 4.39 Å². The summed E-state index contributed by atoms with van der Waals surface area (Å²) in [6.07, 6.45) is 0. The fraction of sp³-hybridized carbons (Fsp3) is 0.148. The number of anilines is 1. The first-order valence-electron chi connectivity index (χ1n) is 10.9. The van der Waals surface area contributed by atoms with Crippen LogP contribution < -0.4 is 10.1 Å². The normalized spacial score (nSPS) is 10.7. The third-order valence-corrected chi connectivity index (χ3v) is 5.16. The van der Waals surface area contributed by atoms with Gasteiger partial charge < -0.3 is 14.8 Å². The van der Waals surface area contributed by atoms with E-state index >= 15 is 0 Å². The highest BCUT2D eigenvalue weighted by Gasteiger charge is 2.25. The number of amides is 1. The average Bonchev–Trinajstić information content (AvgIpc) is 3.18. The van der Waals surface area contributed by atoms with Gasteiger partial charge in [0.15, 0.2) is 0 Å². The summed E-state index contributed by atoms with van der Waals surface area (Å²) in [5.74, 6) is -1.10. The molecule has 0 aliphatic heterocycles. The van der Waals surface area contributed by atoms with Gasteiger partial charge in [-0.3, -0.25) is 9.59 Å². The Labute approximate surface area is 202 Å². The maximum Gasteiger partial charge on any atom is 0.309 e. The van der Waals surface area contributed by atoms with Crippen LogP contribution in [-0.4, -0.2) is 35.4 Å². The van der Waals surface area contributed by atoms with Gasteiger partial charge in [-0.1, -0.05) is 42.0 Å². The van der Waals surface area contributed by atoms with E-state index in [1.54, 1.807) is 36.4 Å². The van der Waals surface area contributed by atoms with Gasteiger partial charge in [-0.2, -0.15) is 9.78 Å². The number of hydrogen-bond donors (Lipinski definition) is 1. The number of benzene rings is 3. The molecule has 0 aliphatic carbocycles. The lowest BCUT2D eigenvalue weighted by molar-refractivity contribution is -0.132. The summed E-state index contributed by atoms with van der Waals surface area (Å²) in [7, 11) is 1.45. The SMILES string of the molecule is COCC(=O)Nc1ccc(-c2c(-c3cccc(C)c3)nn(-c3cccc(F)c3)c2OC(C)=O)cc1. The van der Waals surface area contributed by atoms with Gasteiger partial charge in [0.25, 0.3) is 0 Å². The maximum atomic E-state index is 14.1. The number of methoxy groups -OCH3 is 1. The molecule has 0 saturated heterocycles. The van der Waals surface area contributed by atoms with E-state index in [1.165, 1.54) is 30.8 Å². The van der Waals surface area contributed by atoms with E-state index in [2.05, 4.69) is 5.32 Å². The number of esters is 1. The van der Waals surface area contributed by atoms with Crippen molar-refractivity contribution in [3.63, 3.8) is 0 Å². The van der Waals surface area contributed by atoms with Crippen LogP contribution in [0.4, 0.5) is 10.1 Å². The molecule has 1 heterocycles. The number of nitrogens with zero attached hydrogens (tertiary/aromatic N) is 2. The molecule has 0 atom stereocenters. The molecule has 0 radical (unpaired) electrons. The van der Waals surface area contributed by atoms with Gasteiger partial charge >= 0.3 is 5.97 Å². The highest BCUT2D eigenvalue weighted by Crippen LogP contribution is 2.41. The summed E-state index contributed by atoms with van der Waals surface area (Å²) in [5, 5.41) is 7.49. The first kappa shape index (κ1) is 23.8. The number of rotatable bonds is 7. The van der Waals surface area contributed by atoms with Crippen LogP contribution in [-0.2, 0) is 14.3 Å². The predicted molar refractivity (Wildman–Crippen MR) is 131 cm³/mol. The van der Waals surface area contributed by atoms with Crippen LogP contribution in [0, 0.1) is 12.7 Å². The quantitative estimate of drug-likeness (QED) is 0.375. The number of aromatic nitrogens is 2. The second kappa shape index (κ2) is 10.3. The van der Waals surface area contributed by atoms with Gasteiger partial charge in [0.2, 0.25) is 11.8 Å². The molecule has 4 rings (SSSR count). The Hall–Kier alpha value is -4.30. The van der Waals surface area contributed by atoms with Gasteiger partial charge in [-0.05, 0) is 48.9 Å². The summed E-state index contributed by atoms with van der Waals surface area (Å²) in [6.45, 7) is 3.21. The zero-order valence-electron chi connectivity index (χ0n) is 19.5. The Kier molecular flexibility index (Phi) is 7.03. The van der Waals surface area contributed by atoms with Gasteiger partial charge in [0.1, 0.15) is 18.1 Å². The number of carbonyl (C=O) groups is 2. The standard InChI is InChI=1S/C27H24FN3O4/c1-17-6-4-7-20(14-17)26-25(19-10-12-22(13-11-19)29-24(33)16-34-3)27(35-18(2)32)31(30-26)23-9-5-8-21(28)15-23/h4-15H,16H2,1-3H3,(H,29,33). The number of hydrogen-bond acceptors (Lipinski definition) is 5. The topological polar surface area (TPSA) is 82.4 Å². The summed E-state index contributed by atoms with van der Waals surface area (Å²) >= 11 is 0. The Morgan fingerprint density at radius 1 is 1.00 bits per heavy atom. The van der Waals surface area contributed by atoms with Crippen LogP contribution >= 0.6 is 0 Å². The summed E-state index contributed by atoms with van der Waals surface area (Å²) < 4.78 is 26.0. The molecule has 178 valence electrons. The number of nitrogens with one attached hydrogen (secondary N) is 1. The molecule has 0 fully saturated rings. The molecule has 3 aromatic carbocycles. The van der Waals surface area contributed by atoms with Crippen LogP contribution in [0.1, 0.15) is 12.5 Å². The van der Waals surface area contributed by atoms with Crippen LogP contribution in [0.15, 0.2) is 72.8 Å². The minimum Gasteiger partial charge on any atom is -0.407 e. The van der Waals surface area contributed by atoms with E-state index in [9.17, 15) is 14.0 Å². The Bertz CT molecular complexity index is 1380. The predicted octanol–water partition coefficient (Wildman–Crippen LogP) is 5.16. The highest BCUT2D eigenvalue weighted by molar-refractivity contribution is 5.93. The van der Waals surface area contributed by atoms with Crippen LogP contribution in [0.5, 0.6) is 5.88 Å². The number of carbonyl (C=O) groups excluding carboxylic acids is 2. The lowest BCUT2D eigenvalue weighted by Crippen LogP contribution is -2.16. The lowest BCUT2D eigenvalue weighted by atomic mass is 10.00. The van der Waals surface area contributed by atoms with Crippen molar-refractivity contribution >= 4 is 17.6 Å². The smallest absolute Gasteiger partial charge is 0.309 e. The average molecular weight is 474 g/mol. The van der Waals surface area contributed by atoms with Gasteiger partial charge in [0, 0.05) is 25.3 Å². The van der Waals surface area contributed by atoms with E-state index in [-0.39, 0.29) is 18.4 Å². The first-order chi connectivity index (χ1) is 16.9. The van der Waals surface area contributed by atoms with Crippen molar-refractivity contribution in [1.82, 2.24) is 9.78 Å². The molecule has 8 heteroatoms. The Morgan fingerprint density at radius 2 is 1.74 bits per heavy atom. The molecule has 7 nitrogen and oxygen atoms in total. The lowest BCUT2D eigenvalue weighted by Gasteiger charge is -2.10. The maximum absolute atomic E-state index is 14.1. The fourth-order valence-electron chi connectivity index (χ4n) is 3.72. The molecule has 35 heavy (non-hydrogen) atoms. The van der Waals surface area contributed by atoms with Crippen molar-refractivity contribution in [2.75, 3.05) is 19.0 Å². The van der Waals surface area contributed by atoms with Crippen LogP contribution in [0.2, 0.25) is 0 Å². The molecular weight excluding hydrogens is 449 g/mol. The van der Waals surface area contributed by atoms with Crippen molar-refractivity contribution in [2.24, 2.45) is 0 Å². The van der Waals surface area contributed by atoms with Crippen molar-refractivity contribution in [2.45, 2.75) is 13.8 Å². The molecule has 0 aliphatic rings. The second-order valence-electron chi connectivity index (χ2n) is 7.94. The molecule has 1 aromatic heterocycles. The monoisotopic (exact) mass is 473 g/mol. The molecule has 4 aromatic rings. The van der Waals surface area contributed by atoms with E-state index in [0.29, 0.717) is 28.2 Å². The van der Waals surface area contributed by atoms with Crippen LogP contribution in [0.3, 0.4) is 0 Å². The van der Waals surface area contributed by atoms with E-state index < -0.39 is 11.8 Å². The third-order valence-electron chi connectivity index (χ3n) is 5.16. The van der Waals surface area contributed by atoms with Crippen molar-refractivity contribution in [3.8, 4) is 34.0 Å². The van der Waals surface area contributed by atoms with E-state index in [4.69, 9.17) is 14.6 Å². The molecule has 0 unspecified atom stereocenters. The fourth-order valence-corrected chi connectivity index (χ4v) is 3.72. The second-order valence-corrected chi connectivity index (χ2v) is 7.94. The largest absolute Gasteiger partial charge is 0.407 e. The zero-order chi connectivity index (χ0) is 24.9. The Balaban J connectivity index is 1.91. The minimum atomic E-state index is -0.539. The highest BCUT2D eigenvalue weighted by atomic mass is 19.1. The minimum absolute atomic E-state index is 0.0593. The van der Waals surface area contributed by atoms with Gasteiger partial charge in [0.05, 0.1) is 11.3 Å². The van der Waals surface area contributed by atoms with Crippen LogP contribution in [0.25, 0.3) is 28.1 Å². The summed E-state index contributed by atoms with van der Waals surface area (Å²) in [5.41, 5.74) is 4.64. The molecule has 0 saturated carbocycles. The Morgan fingerprint density at radius 3 is 2.40 bits per heavy atom. The molecule has 1 N–H and O–H groups in total. The van der Waals surface area contributed by atoms with Gasteiger partial charge in [-0.15, -0.1) is 0 Å². The number of ether oxygens (including phenoxy) is 2. The zero-order valence-corrected chi connectivity index (χ0v) is 19.5. The molecular formula is C27H24FN3O4. The summed E-state index contributed by atoms with van der Waals surface area (Å²) in [4.78, 5) is 24.0. The number of halogens is 1. The molecule has 1 amide bonds. The summed E-state index contributed by atoms with van der Waals surface area (Å²) in [6, 6.07) is 20.7. The van der Waals surface area contributed by atoms with Crippen molar-refractivity contribution < 1.29 is 23.5 Å². The molecule has 0 spiro atoms. The van der Waals surface area contributed by atoms with E-state index in [0.717, 1.165) is 11.1 Å².